The van der Waals surface area contributed by atoms with Crippen LogP contribution in [-0.2, 0) is 14.2 Å². The van der Waals surface area contributed by atoms with Crippen molar-refractivity contribution < 1.29 is 14.2 Å². The molecule has 1 atom stereocenters. The topological polar surface area (TPSA) is 39.7 Å². The highest BCUT2D eigenvalue weighted by Crippen LogP contribution is 2.23. The van der Waals surface area contributed by atoms with Crippen LogP contribution < -0.4 is 5.32 Å². The van der Waals surface area contributed by atoms with E-state index in [1.54, 1.807) is 0 Å². The normalized spacial score (nSPS) is 25.5. The summed E-state index contributed by atoms with van der Waals surface area (Å²) in [4.78, 5) is 0. The molecular formula is C12H25NO3. The lowest BCUT2D eigenvalue weighted by atomic mass is 10.0. The zero-order valence-corrected chi connectivity index (χ0v) is 10.8. The third-order valence-electron chi connectivity index (χ3n) is 2.82. The molecule has 0 amide bonds. The Morgan fingerprint density at radius 1 is 1.31 bits per heavy atom. The van der Waals surface area contributed by atoms with E-state index in [-0.39, 0.29) is 11.9 Å². The molecule has 0 saturated carbocycles. The van der Waals surface area contributed by atoms with Crippen molar-refractivity contribution in [3.05, 3.63) is 0 Å². The minimum atomic E-state index is -0.139. The molecule has 1 unspecified atom stereocenters. The van der Waals surface area contributed by atoms with Crippen LogP contribution in [0.2, 0.25) is 0 Å². The Balaban J connectivity index is 2.16. The number of rotatable bonds is 8. The Morgan fingerprint density at radius 2 is 2.00 bits per heavy atom. The van der Waals surface area contributed by atoms with Crippen molar-refractivity contribution in [3.63, 3.8) is 0 Å². The van der Waals surface area contributed by atoms with Crippen LogP contribution in [0.3, 0.4) is 0 Å². The van der Waals surface area contributed by atoms with Gasteiger partial charge in [-0.2, -0.15) is 0 Å². The third kappa shape index (κ3) is 4.78. The van der Waals surface area contributed by atoms with E-state index in [2.05, 4.69) is 12.2 Å². The van der Waals surface area contributed by atoms with Crippen molar-refractivity contribution in [3.8, 4) is 0 Å². The number of hydrogen-bond donors (Lipinski definition) is 1. The van der Waals surface area contributed by atoms with E-state index >= 15 is 0 Å². The highest BCUT2D eigenvalue weighted by Gasteiger charge is 2.29. The van der Waals surface area contributed by atoms with Crippen LogP contribution >= 0.6 is 0 Å². The van der Waals surface area contributed by atoms with E-state index in [0.717, 1.165) is 26.1 Å². The van der Waals surface area contributed by atoms with Gasteiger partial charge in [-0.3, -0.25) is 0 Å². The van der Waals surface area contributed by atoms with Gasteiger partial charge in [-0.1, -0.05) is 0 Å². The molecule has 1 N–H and O–H groups in total. The predicted molar refractivity (Wildman–Crippen MR) is 63.5 cm³/mol. The third-order valence-corrected chi connectivity index (χ3v) is 2.82. The minimum Gasteiger partial charge on any atom is -0.374 e. The van der Waals surface area contributed by atoms with Gasteiger partial charge in [0.25, 0.3) is 0 Å². The largest absolute Gasteiger partial charge is 0.374 e. The molecule has 1 fully saturated rings. The average molecular weight is 231 g/mol. The van der Waals surface area contributed by atoms with E-state index in [9.17, 15) is 0 Å². The Hall–Kier alpha value is -0.160. The summed E-state index contributed by atoms with van der Waals surface area (Å²) in [5.41, 5.74) is 0.00296. The van der Waals surface area contributed by atoms with Gasteiger partial charge >= 0.3 is 0 Å². The van der Waals surface area contributed by atoms with E-state index in [1.807, 2.05) is 13.8 Å². The van der Waals surface area contributed by atoms with Crippen molar-refractivity contribution in [1.29, 1.82) is 0 Å². The summed E-state index contributed by atoms with van der Waals surface area (Å²) in [6, 6.07) is 0. The average Bonchev–Trinajstić information content (AvgIpc) is 2.66. The first-order valence-electron chi connectivity index (χ1n) is 6.28. The maximum Gasteiger partial charge on any atom is 0.169 e. The molecule has 16 heavy (non-hydrogen) atoms. The van der Waals surface area contributed by atoms with Crippen molar-refractivity contribution in [1.82, 2.24) is 5.32 Å². The fourth-order valence-corrected chi connectivity index (χ4v) is 1.97. The van der Waals surface area contributed by atoms with Gasteiger partial charge in [0, 0.05) is 32.9 Å². The molecule has 4 nitrogen and oxygen atoms in total. The Morgan fingerprint density at radius 3 is 2.50 bits per heavy atom. The summed E-state index contributed by atoms with van der Waals surface area (Å²) in [5.74, 6) is 0. The molecule has 0 aromatic rings. The monoisotopic (exact) mass is 231 g/mol. The molecule has 0 aromatic heterocycles. The first kappa shape index (κ1) is 13.9. The summed E-state index contributed by atoms with van der Waals surface area (Å²) < 4.78 is 16.6. The Labute approximate surface area is 98.6 Å². The molecule has 1 rings (SSSR count). The molecule has 0 bridgehead atoms. The molecule has 96 valence electrons. The maximum atomic E-state index is 5.70. The summed E-state index contributed by atoms with van der Waals surface area (Å²) in [6.07, 6.45) is 2.16. The van der Waals surface area contributed by atoms with Crippen molar-refractivity contribution in [2.24, 2.45) is 0 Å². The van der Waals surface area contributed by atoms with Gasteiger partial charge < -0.3 is 19.5 Å². The second kappa shape index (κ2) is 7.22. The summed E-state index contributed by atoms with van der Waals surface area (Å²) in [6.45, 7) is 9.95. The van der Waals surface area contributed by atoms with Crippen LogP contribution in [0.4, 0.5) is 0 Å². The van der Waals surface area contributed by atoms with Crippen LogP contribution in [0.1, 0.15) is 33.6 Å². The van der Waals surface area contributed by atoms with E-state index in [4.69, 9.17) is 14.2 Å². The molecule has 1 heterocycles. The van der Waals surface area contributed by atoms with Crippen LogP contribution in [-0.4, -0.2) is 44.8 Å². The first-order valence-corrected chi connectivity index (χ1v) is 6.28. The number of nitrogens with one attached hydrogen (secondary N) is 1. The molecule has 0 spiro atoms. The fourth-order valence-electron chi connectivity index (χ4n) is 1.97. The van der Waals surface area contributed by atoms with E-state index < -0.39 is 0 Å². The molecule has 1 aliphatic rings. The smallest absolute Gasteiger partial charge is 0.169 e. The van der Waals surface area contributed by atoms with Gasteiger partial charge in [0.15, 0.2) is 6.29 Å². The molecule has 1 saturated heterocycles. The lowest BCUT2D eigenvalue weighted by Gasteiger charge is -2.25. The lowest BCUT2D eigenvalue weighted by molar-refractivity contribution is -0.134. The molecule has 0 aromatic carbocycles. The molecule has 4 heteroatoms. The second-order valence-corrected chi connectivity index (χ2v) is 4.37. The van der Waals surface area contributed by atoms with Gasteiger partial charge in [0.1, 0.15) is 0 Å². The van der Waals surface area contributed by atoms with E-state index in [1.165, 1.54) is 6.42 Å². The number of ether oxygens (including phenoxy) is 3. The minimum absolute atomic E-state index is 0.00296. The quantitative estimate of drug-likeness (QED) is 0.643. The van der Waals surface area contributed by atoms with Gasteiger partial charge in [0.2, 0.25) is 0 Å². The van der Waals surface area contributed by atoms with Gasteiger partial charge in [-0.15, -0.1) is 0 Å². The van der Waals surface area contributed by atoms with Crippen LogP contribution in [0.25, 0.3) is 0 Å². The summed E-state index contributed by atoms with van der Waals surface area (Å²) in [5, 5.41) is 3.36. The van der Waals surface area contributed by atoms with Crippen LogP contribution in [0, 0.1) is 0 Å². The molecule has 0 aliphatic carbocycles. The van der Waals surface area contributed by atoms with Crippen LogP contribution in [0.5, 0.6) is 0 Å². The zero-order chi connectivity index (χ0) is 11.9. The maximum absolute atomic E-state index is 5.70. The summed E-state index contributed by atoms with van der Waals surface area (Å²) in [7, 11) is 0. The van der Waals surface area contributed by atoms with Crippen molar-refractivity contribution in [2.75, 3.05) is 32.9 Å². The van der Waals surface area contributed by atoms with Crippen molar-refractivity contribution >= 4 is 0 Å². The van der Waals surface area contributed by atoms with Crippen LogP contribution in [0.15, 0.2) is 0 Å². The highest BCUT2D eigenvalue weighted by molar-refractivity contribution is 4.82. The van der Waals surface area contributed by atoms with E-state index in [0.29, 0.717) is 13.2 Å². The summed E-state index contributed by atoms with van der Waals surface area (Å²) >= 11 is 0. The zero-order valence-electron chi connectivity index (χ0n) is 10.8. The molecular weight excluding hydrogens is 206 g/mol. The van der Waals surface area contributed by atoms with Gasteiger partial charge in [0.05, 0.1) is 5.60 Å². The molecule has 1 aliphatic heterocycles. The molecule has 0 radical (unpaired) electrons. The fraction of sp³-hybridized carbons (Fsp3) is 1.00. The highest BCUT2D eigenvalue weighted by atomic mass is 16.7. The lowest BCUT2D eigenvalue weighted by Crippen LogP contribution is -2.41. The predicted octanol–water partition coefficient (Wildman–Crippen LogP) is 1.54. The standard InChI is InChI=1S/C12H25NO3/c1-4-14-11(15-5-2)9-13-10-12(3)7-6-8-16-12/h11,13H,4-10H2,1-3H3. The van der Waals surface area contributed by atoms with Crippen molar-refractivity contribution in [2.45, 2.75) is 45.5 Å². The SMILES string of the molecule is CCOC(CNCC1(C)CCCO1)OCC. The number of hydrogen-bond acceptors (Lipinski definition) is 4. The Kier molecular flexibility index (Phi) is 6.28. The Bertz CT molecular complexity index is 175. The second-order valence-electron chi connectivity index (χ2n) is 4.37. The van der Waals surface area contributed by atoms with Gasteiger partial charge in [-0.05, 0) is 33.6 Å². The first-order chi connectivity index (χ1) is 7.70. The van der Waals surface area contributed by atoms with Gasteiger partial charge in [-0.25, -0.2) is 0 Å².